The molecule has 0 heterocycles. The molecule has 1 nitrogen and oxygen atoms in total. The summed E-state index contributed by atoms with van der Waals surface area (Å²) >= 11 is 0. The standard InChI is InChI=1S/C28H28F6O/c1-3-17-9-10-20(26(32)24(17)30)21-12-11-19(25(31)27(21)33)18-7-5-16(6-8-18)14-35-22-13-4-15(2)23(29)28(22)34/h4,7,9-13,16,24-27H,3,5-6,8,14H2,1-2H3. The van der Waals surface area contributed by atoms with Gasteiger partial charge in [-0.1, -0.05) is 43.4 Å². The SMILES string of the molecule is CCC1=CC=C(C2=CC=C(C3=CCC(COc4ccc(C)c(F)c4F)CC3)C(F)C2F)C(F)C1F. The largest absolute Gasteiger partial charge is 0.490 e. The molecule has 0 aromatic heterocycles. The van der Waals surface area contributed by atoms with Gasteiger partial charge in [-0.25, -0.2) is 22.0 Å². The highest BCUT2D eigenvalue weighted by Crippen LogP contribution is 2.40. The fourth-order valence-electron chi connectivity index (χ4n) is 4.76. The van der Waals surface area contributed by atoms with Gasteiger partial charge < -0.3 is 4.74 Å². The molecule has 0 N–H and O–H groups in total. The van der Waals surface area contributed by atoms with Gasteiger partial charge >= 0.3 is 0 Å². The Morgan fingerprint density at radius 1 is 0.829 bits per heavy atom. The van der Waals surface area contributed by atoms with Crippen molar-refractivity contribution in [3.05, 3.63) is 87.6 Å². The van der Waals surface area contributed by atoms with Crippen LogP contribution in [-0.4, -0.2) is 31.3 Å². The van der Waals surface area contributed by atoms with Crippen LogP contribution in [0.4, 0.5) is 26.3 Å². The molecule has 0 radical (unpaired) electrons. The summed E-state index contributed by atoms with van der Waals surface area (Å²) in [5.74, 6) is -2.10. The van der Waals surface area contributed by atoms with E-state index in [1.165, 1.54) is 43.4 Å². The smallest absolute Gasteiger partial charge is 0.200 e. The van der Waals surface area contributed by atoms with Crippen LogP contribution in [0.5, 0.6) is 5.75 Å². The summed E-state index contributed by atoms with van der Waals surface area (Å²) in [7, 11) is 0. The third-order valence-electron chi connectivity index (χ3n) is 7.03. The summed E-state index contributed by atoms with van der Waals surface area (Å²) in [5.41, 5.74) is 1.01. The molecule has 1 aromatic carbocycles. The van der Waals surface area contributed by atoms with Crippen LogP contribution in [0.25, 0.3) is 0 Å². The molecular weight excluding hydrogens is 466 g/mol. The van der Waals surface area contributed by atoms with E-state index < -0.39 is 36.3 Å². The summed E-state index contributed by atoms with van der Waals surface area (Å²) in [5, 5.41) is 0. The highest BCUT2D eigenvalue weighted by molar-refractivity contribution is 5.53. The molecule has 7 heteroatoms. The number of benzene rings is 1. The Labute approximate surface area is 201 Å². The first-order valence-electron chi connectivity index (χ1n) is 11.9. The first-order chi connectivity index (χ1) is 16.7. The molecule has 0 saturated heterocycles. The fraction of sp³-hybridized carbons (Fsp3) is 0.429. The van der Waals surface area contributed by atoms with Crippen LogP contribution in [0.2, 0.25) is 0 Å². The average molecular weight is 495 g/mol. The van der Waals surface area contributed by atoms with Crippen LogP contribution in [0.15, 0.2) is 70.4 Å². The molecule has 0 spiro atoms. The number of ether oxygens (including phenoxy) is 1. The highest BCUT2D eigenvalue weighted by Gasteiger charge is 2.39. The van der Waals surface area contributed by atoms with Gasteiger partial charge in [0.2, 0.25) is 5.82 Å². The Kier molecular flexibility index (Phi) is 7.62. The Bertz CT molecular complexity index is 1130. The van der Waals surface area contributed by atoms with Gasteiger partial charge in [0.1, 0.15) is 0 Å². The molecule has 3 aliphatic rings. The molecule has 4 rings (SSSR count). The second kappa shape index (κ2) is 10.5. The van der Waals surface area contributed by atoms with Crippen molar-refractivity contribution >= 4 is 0 Å². The minimum Gasteiger partial charge on any atom is -0.490 e. The van der Waals surface area contributed by atoms with Crippen LogP contribution < -0.4 is 4.74 Å². The van der Waals surface area contributed by atoms with Crippen molar-refractivity contribution in [3.8, 4) is 5.75 Å². The topological polar surface area (TPSA) is 9.23 Å². The highest BCUT2D eigenvalue weighted by atomic mass is 19.2. The molecule has 5 unspecified atom stereocenters. The lowest BCUT2D eigenvalue weighted by atomic mass is 9.79. The predicted molar refractivity (Wildman–Crippen MR) is 124 cm³/mol. The number of halogens is 6. The zero-order valence-electron chi connectivity index (χ0n) is 19.6. The lowest BCUT2D eigenvalue weighted by molar-refractivity contribution is 0.200. The molecule has 0 bridgehead atoms. The van der Waals surface area contributed by atoms with Crippen molar-refractivity contribution in [1.29, 1.82) is 0 Å². The number of hydrogen-bond donors (Lipinski definition) is 0. The zero-order valence-corrected chi connectivity index (χ0v) is 19.6. The third kappa shape index (κ3) is 5.00. The van der Waals surface area contributed by atoms with Crippen LogP contribution in [-0.2, 0) is 0 Å². The second-order valence-electron chi connectivity index (χ2n) is 9.26. The molecular formula is C28H28F6O. The van der Waals surface area contributed by atoms with Gasteiger partial charge in [0.15, 0.2) is 36.3 Å². The van der Waals surface area contributed by atoms with Crippen molar-refractivity contribution < 1.29 is 31.1 Å². The van der Waals surface area contributed by atoms with E-state index in [1.807, 2.05) is 0 Å². The molecule has 1 aromatic rings. The van der Waals surface area contributed by atoms with Gasteiger partial charge in [-0.2, -0.15) is 4.39 Å². The third-order valence-corrected chi connectivity index (χ3v) is 7.03. The van der Waals surface area contributed by atoms with Crippen LogP contribution in [0.1, 0.15) is 38.2 Å². The molecule has 35 heavy (non-hydrogen) atoms. The van der Waals surface area contributed by atoms with Gasteiger partial charge in [-0.15, -0.1) is 0 Å². The van der Waals surface area contributed by atoms with Crippen molar-refractivity contribution in [3.63, 3.8) is 0 Å². The molecule has 0 aliphatic heterocycles. The molecule has 3 aliphatic carbocycles. The molecule has 5 atom stereocenters. The van der Waals surface area contributed by atoms with E-state index in [2.05, 4.69) is 0 Å². The second-order valence-corrected chi connectivity index (χ2v) is 9.26. The first kappa shape index (κ1) is 25.4. The maximum atomic E-state index is 15.1. The summed E-state index contributed by atoms with van der Waals surface area (Å²) in [6, 6.07) is 2.83. The van der Waals surface area contributed by atoms with Gasteiger partial charge in [0, 0.05) is 0 Å². The van der Waals surface area contributed by atoms with Crippen molar-refractivity contribution in [2.24, 2.45) is 5.92 Å². The predicted octanol–water partition coefficient (Wildman–Crippen LogP) is 7.87. The van der Waals surface area contributed by atoms with Crippen molar-refractivity contribution in [2.45, 2.75) is 64.2 Å². The normalized spacial score (nSPS) is 29.0. The molecule has 0 amide bonds. The lowest BCUT2D eigenvalue weighted by Gasteiger charge is -2.31. The van der Waals surface area contributed by atoms with Crippen molar-refractivity contribution in [1.82, 2.24) is 0 Å². The zero-order chi connectivity index (χ0) is 25.3. The number of hydrogen-bond acceptors (Lipinski definition) is 1. The van der Waals surface area contributed by atoms with Crippen LogP contribution >= 0.6 is 0 Å². The van der Waals surface area contributed by atoms with Gasteiger partial charge in [0.05, 0.1) is 6.61 Å². The van der Waals surface area contributed by atoms with Gasteiger partial charge in [-0.05, 0) is 78.0 Å². The van der Waals surface area contributed by atoms with Gasteiger partial charge in [-0.3, -0.25) is 0 Å². The molecule has 0 fully saturated rings. The monoisotopic (exact) mass is 494 g/mol. The maximum Gasteiger partial charge on any atom is 0.200 e. The number of allylic oxidation sites excluding steroid dienone is 10. The quantitative estimate of drug-likeness (QED) is 0.366. The van der Waals surface area contributed by atoms with E-state index in [0.717, 1.165) is 0 Å². The molecule has 188 valence electrons. The van der Waals surface area contributed by atoms with Crippen LogP contribution in [0, 0.1) is 24.5 Å². The average Bonchev–Trinajstić information content (AvgIpc) is 2.86. The number of alkyl halides is 4. The van der Waals surface area contributed by atoms with E-state index in [-0.39, 0.29) is 40.6 Å². The minimum absolute atomic E-state index is 0.0118. The maximum absolute atomic E-state index is 15.1. The first-order valence-corrected chi connectivity index (χ1v) is 11.9. The number of rotatable bonds is 6. The molecule has 0 saturated carbocycles. The van der Waals surface area contributed by atoms with Crippen molar-refractivity contribution in [2.75, 3.05) is 6.61 Å². The van der Waals surface area contributed by atoms with E-state index in [1.54, 1.807) is 13.0 Å². The van der Waals surface area contributed by atoms with Crippen LogP contribution in [0.3, 0.4) is 0 Å². The number of aryl methyl sites for hydroxylation is 1. The Morgan fingerprint density at radius 3 is 2.11 bits per heavy atom. The Morgan fingerprint density at radius 2 is 1.46 bits per heavy atom. The minimum atomic E-state index is -2.09. The van der Waals surface area contributed by atoms with E-state index in [0.29, 0.717) is 36.8 Å². The van der Waals surface area contributed by atoms with Gasteiger partial charge in [0.25, 0.3) is 0 Å². The summed E-state index contributed by atoms with van der Waals surface area (Å²) in [6.45, 7) is 3.34. The lowest BCUT2D eigenvalue weighted by Crippen LogP contribution is -2.32. The van der Waals surface area contributed by atoms with E-state index in [4.69, 9.17) is 4.74 Å². The Balaban J connectivity index is 1.44. The summed E-state index contributed by atoms with van der Waals surface area (Å²) in [4.78, 5) is 0. The fourth-order valence-corrected chi connectivity index (χ4v) is 4.76. The summed E-state index contributed by atoms with van der Waals surface area (Å²) in [6.07, 6.45) is 1.34. The van der Waals surface area contributed by atoms with E-state index in [9.17, 15) is 17.6 Å². The Hall–Kier alpha value is -2.70. The summed E-state index contributed by atoms with van der Waals surface area (Å²) < 4.78 is 92.2. The van der Waals surface area contributed by atoms with E-state index >= 15 is 8.78 Å².